The first-order valence-electron chi connectivity index (χ1n) is 10.4. The Bertz CT molecular complexity index is 396. The van der Waals surface area contributed by atoms with Crippen molar-refractivity contribution in [3.05, 3.63) is 34.9 Å². The molecule has 0 aliphatic heterocycles. The van der Waals surface area contributed by atoms with E-state index in [0.717, 1.165) is 5.92 Å². The third kappa shape index (κ3) is 7.10. The Kier molecular flexibility index (Phi) is 11.1. The fraction of sp³-hybridized carbons (Fsp3) is 0.739. The number of aryl methyl sites for hydroxylation is 1. The van der Waals surface area contributed by atoms with Gasteiger partial charge in [-0.1, -0.05) is 84.4 Å². The molecular weight excluding hydrogens is 276 g/mol. The van der Waals surface area contributed by atoms with Crippen molar-refractivity contribution in [2.24, 2.45) is 0 Å². The lowest BCUT2D eigenvalue weighted by Gasteiger charge is -2.23. The van der Waals surface area contributed by atoms with Crippen LogP contribution in [0.1, 0.15) is 115 Å². The number of hydrogen-bond donors (Lipinski definition) is 0. The van der Waals surface area contributed by atoms with Gasteiger partial charge in [-0.15, -0.1) is 0 Å². The van der Waals surface area contributed by atoms with Crippen molar-refractivity contribution in [3.8, 4) is 0 Å². The third-order valence-electron chi connectivity index (χ3n) is 5.14. The first-order chi connectivity index (χ1) is 11.3. The molecule has 0 aliphatic rings. The molecule has 0 heterocycles. The van der Waals surface area contributed by atoms with Gasteiger partial charge in [0.25, 0.3) is 0 Å². The molecule has 1 rings (SSSR count). The molecule has 23 heavy (non-hydrogen) atoms. The van der Waals surface area contributed by atoms with E-state index in [2.05, 4.69) is 45.9 Å². The highest BCUT2D eigenvalue weighted by molar-refractivity contribution is 5.38. The summed E-state index contributed by atoms with van der Waals surface area (Å²) in [5.41, 5.74) is 5.07. The molecule has 1 aromatic rings. The van der Waals surface area contributed by atoms with E-state index in [1.165, 1.54) is 77.0 Å². The highest BCUT2D eigenvalue weighted by Gasteiger charge is 2.16. The largest absolute Gasteiger partial charge is 0.0654 e. The van der Waals surface area contributed by atoms with Crippen molar-refractivity contribution >= 4 is 0 Å². The summed E-state index contributed by atoms with van der Waals surface area (Å²) in [6.45, 7) is 9.28. The molecule has 0 atom stereocenters. The molecule has 0 N–H and O–H groups in total. The zero-order valence-electron chi connectivity index (χ0n) is 16.3. The van der Waals surface area contributed by atoms with Gasteiger partial charge >= 0.3 is 0 Å². The van der Waals surface area contributed by atoms with E-state index in [9.17, 15) is 0 Å². The second-order valence-electron chi connectivity index (χ2n) is 7.17. The van der Waals surface area contributed by atoms with E-state index >= 15 is 0 Å². The minimum atomic E-state index is 0.795. The summed E-state index contributed by atoms with van der Waals surface area (Å²) in [5, 5.41) is 0. The first kappa shape index (κ1) is 20.3. The molecule has 0 heteroatoms. The van der Waals surface area contributed by atoms with Crippen LogP contribution in [0.4, 0.5) is 0 Å². The van der Waals surface area contributed by atoms with Gasteiger partial charge in [-0.25, -0.2) is 0 Å². The van der Waals surface area contributed by atoms with Crippen LogP contribution in [0, 0.1) is 0 Å². The average molecular weight is 317 g/mol. The summed E-state index contributed by atoms with van der Waals surface area (Å²) < 4.78 is 0. The number of hydrogen-bond acceptors (Lipinski definition) is 0. The van der Waals surface area contributed by atoms with Crippen LogP contribution in [0.25, 0.3) is 0 Å². The second kappa shape index (κ2) is 12.6. The Morgan fingerprint density at radius 1 is 0.696 bits per heavy atom. The van der Waals surface area contributed by atoms with Crippen LogP contribution in [0.15, 0.2) is 18.2 Å². The Morgan fingerprint density at radius 3 is 1.83 bits per heavy atom. The van der Waals surface area contributed by atoms with Crippen LogP contribution in [-0.4, -0.2) is 0 Å². The fourth-order valence-electron chi connectivity index (χ4n) is 3.65. The predicted octanol–water partition coefficient (Wildman–Crippen LogP) is 7.84. The quantitative estimate of drug-likeness (QED) is 0.348. The van der Waals surface area contributed by atoms with Crippen LogP contribution in [0.3, 0.4) is 0 Å². The van der Waals surface area contributed by atoms with E-state index in [1.807, 2.05) is 0 Å². The van der Waals surface area contributed by atoms with E-state index in [0.29, 0.717) is 0 Å². The van der Waals surface area contributed by atoms with Crippen LogP contribution in [-0.2, 0) is 12.8 Å². The van der Waals surface area contributed by atoms with E-state index in [1.54, 1.807) is 16.7 Å². The highest BCUT2D eigenvalue weighted by atomic mass is 14.2. The van der Waals surface area contributed by atoms with Gasteiger partial charge in [0, 0.05) is 0 Å². The maximum absolute atomic E-state index is 2.45. The van der Waals surface area contributed by atoms with Crippen LogP contribution < -0.4 is 0 Å². The summed E-state index contributed by atoms with van der Waals surface area (Å²) in [4.78, 5) is 0. The molecule has 0 bridgehead atoms. The van der Waals surface area contributed by atoms with Gasteiger partial charge in [0.05, 0.1) is 0 Å². The van der Waals surface area contributed by atoms with Gasteiger partial charge in [-0.2, -0.15) is 0 Å². The highest BCUT2D eigenvalue weighted by Crippen LogP contribution is 2.33. The molecule has 0 fully saturated rings. The number of rotatable bonds is 13. The van der Waals surface area contributed by atoms with Crippen molar-refractivity contribution in [1.82, 2.24) is 0 Å². The Labute approximate surface area is 146 Å². The van der Waals surface area contributed by atoms with E-state index in [4.69, 9.17) is 0 Å². The molecule has 0 amide bonds. The van der Waals surface area contributed by atoms with Crippen molar-refractivity contribution < 1.29 is 0 Å². The zero-order valence-corrected chi connectivity index (χ0v) is 16.3. The van der Waals surface area contributed by atoms with Crippen LogP contribution in [0.2, 0.25) is 0 Å². The molecule has 0 spiro atoms. The van der Waals surface area contributed by atoms with Crippen molar-refractivity contribution in [3.63, 3.8) is 0 Å². The maximum Gasteiger partial charge on any atom is -0.0159 e. The van der Waals surface area contributed by atoms with Crippen LogP contribution in [0.5, 0.6) is 0 Å². The average Bonchev–Trinajstić information content (AvgIpc) is 2.58. The normalized spacial score (nSPS) is 11.3. The van der Waals surface area contributed by atoms with Gasteiger partial charge in [-0.3, -0.25) is 0 Å². The van der Waals surface area contributed by atoms with Crippen molar-refractivity contribution in [1.29, 1.82) is 0 Å². The molecule has 132 valence electrons. The standard InChI is InChI=1S/C23H40/c1-5-9-14-20(15-10-6-2)23-19-13-17-21(16-11-7-3)22(23)18-12-8-4/h13,17,19-20H,5-12,14-16,18H2,1-4H3. The summed E-state index contributed by atoms with van der Waals surface area (Å²) in [5.74, 6) is 0.795. The van der Waals surface area contributed by atoms with Gasteiger partial charge in [0.1, 0.15) is 0 Å². The summed E-state index contributed by atoms with van der Waals surface area (Å²) in [6.07, 6.45) is 16.0. The maximum atomic E-state index is 2.45. The third-order valence-corrected chi connectivity index (χ3v) is 5.14. The summed E-state index contributed by atoms with van der Waals surface area (Å²) in [6, 6.07) is 7.19. The molecule has 0 unspecified atom stereocenters. The minimum absolute atomic E-state index is 0.795. The van der Waals surface area contributed by atoms with Gasteiger partial charge in [0.2, 0.25) is 0 Å². The smallest absolute Gasteiger partial charge is 0.0159 e. The Hall–Kier alpha value is -0.780. The van der Waals surface area contributed by atoms with E-state index < -0.39 is 0 Å². The lowest BCUT2D eigenvalue weighted by atomic mass is 9.82. The van der Waals surface area contributed by atoms with Crippen LogP contribution >= 0.6 is 0 Å². The molecule has 0 saturated carbocycles. The predicted molar refractivity (Wildman–Crippen MR) is 105 cm³/mol. The Morgan fingerprint density at radius 2 is 1.26 bits per heavy atom. The fourth-order valence-corrected chi connectivity index (χ4v) is 3.65. The monoisotopic (exact) mass is 316 g/mol. The lowest BCUT2D eigenvalue weighted by Crippen LogP contribution is -2.07. The lowest BCUT2D eigenvalue weighted by molar-refractivity contribution is 0.520. The Balaban J connectivity index is 3.05. The molecular formula is C23H40. The van der Waals surface area contributed by atoms with Crippen molar-refractivity contribution in [2.45, 2.75) is 111 Å². The molecule has 1 aromatic carbocycles. The minimum Gasteiger partial charge on any atom is -0.0654 e. The molecule has 0 saturated heterocycles. The van der Waals surface area contributed by atoms with Crippen molar-refractivity contribution in [2.75, 3.05) is 0 Å². The van der Waals surface area contributed by atoms with Gasteiger partial charge < -0.3 is 0 Å². The zero-order chi connectivity index (χ0) is 16.9. The number of unbranched alkanes of at least 4 members (excludes halogenated alkanes) is 4. The number of benzene rings is 1. The summed E-state index contributed by atoms with van der Waals surface area (Å²) in [7, 11) is 0. The molecule has 0 aromatic heterocycles. The topological polar surface area (TPSA) is 0 Å². The second-order valence-corrected chi connectivity index (χ2v) is 7.17. The molecule has 0 radical (unpaired) electrons. The summed E-state index contributed by atoms with van der Waals surface area (Å²) >= 11 is 0. The molecule has 0 aliphatic carbocycles. The van der Waals surface area contributed by atoms with Gasteiger partial charge in [-0.05, 0) is 61.1 Å². The SMILES string of the molecule is CCCCc1cccc(C(CCCC)CCCC)c1CCCC. The van der Waals surface area contributed by atoms with Gasteiger partial charge in [0.15, 0.2) is 0 Å². The first-order valence-corrected chi connectivity index (χ1v) is 10.4. The molecule has 0 nitrogen and oxygen atoms in total. The van der Waals surface area contributed by atoms with E-state index in [-0.39, 0.29) is 0 Å².